The summed E-state index contributed by atoms with van der Waals surface area (Å²) in [5, 5.41) is 0. The van der Waals surface area contributed by atoms with E-state index >= 15 is 0 Å². The number of benzene rings is 1. The molecule has 2 rings (SSSR count). The maximum absolute atomic E-state index is 10.6. The van der Waals surface area contributed by atoms with Gasteiger partial charge in [-0.3, -0.25) is 4.79 Å². The fraction of sp³-hybridized carbons (Fsp3) is 0.143. The predicted molar refractivity (Wildman–Crippen MR) is 74.7 cm³/mol. The van der Waals surface area contributed by atoms with E-state index in [0.29, 0.717) is 23.8 Å². The lowest BCUT2D eigenvalue weighted by molar-refractivity contribution is 0.112. The van der Waals surface area contributed by atoms with Crippen molar-refractivity contribution in [2.24, 2.45) is 0 Å². The van der Waals surface area contributed by atoms with Crippen molar-refractivity contribution in [1.29, 1.82) is 0 Å². The summed E-state index contributed by atoms with van der Waals surface area (Å²) in [4.78, 5) is 14.7. The van der Waals surface area contributed by atoms with Gasteiger partial charge in [0.2, 0.25) is 5.88 Å². The fourth-order valence-corrected chi connectivity index (χ4v) is 2.09. The van der Waals surface area contributed by atoms with Crippen molar-refractivity contribution in [1.82, 2.24) is 4.98 Å². The Bertz CT molecular complexity index is 587. The first kappa shape index (κ1) is 13.5. The zero-order valence-electron chi connectivity index (χ0n) is 10.3. The van der Waals surface area contributed by atoms with E-state index in [9.17, 15) is 4.79 Å². The minimum atomic E-state index is 0.343. The number of pyridine rings is 1. The van der Waals surface area contributed by atoms with Crippen LogP contribution in [0.5, 0.6) is 11.6 Å². The van der Waals surface area contributed by atoms with Crippen LogP contribution < -0.4 is 9.47 Å². The molecule has 2 aromatic rings. The molecule has 0 fully saturated rings. The molecule has 0 saturated carbocycles. The summed E-state index contributed by atoms with van der Waals surface area (Å²) < 4.78 is 11.6. The highest BCUT2D eigenvalue weighted by atomic mass is 79.9. The van der Waals surface area contributed by atoms with Crippen LogP contribution in [0, 0.1) is 0 Å². The quantitative estimate of drug-likeness (QED) is 0.793. The molecular formula is C14H12BrNO3. The summed E-state index contributed by atoms with van der Waals surface area (Å²) in [5.74, 6) is 1.21. The van der Waals surface area contributed by atoms with Gasteiger partial charge in [-0.2, -0.15) is 0 Å². The summed E-state index contributed by atoms with van der Waals surface area (Å²) in [6, 6.07) is 8.87. The van der Waals surface area contributed by atoms with Crippen molar-refractivity contribution in [2.45, 2.75) is 6.61 Å². The number of rotatable bonds is 5. The molecule has 0 N–H and O–H groups in total. The van der Waals surface area contributed by atoms with Gasteiger partial charge in [0, 0.05) is 11.8 Å². The van der Waals surface area contributed by atoms with E-state index in [1.165, 1.54) is 0 Å². The van der Waals surface area contributed by atoms with Crippen LogP contribution in [0.3, 0.4) is 0 Å². The van der Waals surface area contributed by atoms with Crippen LogP contribution >= 0.6 is 15.9 Å². The van der Waals surface area contributed by atoms with Gasteiger partial charge in [-0.1, -0.05) is 0 Å². The van der Waals surface area contributed by atoms with E-state index in [4.69, 9.17) is 9.47 Å². The lowest BCUT2D eigenvalue weighted by Crippen LogP contribution is -2.00. The van der Waals surface area contributed by atoms with Gasteiger partial charge in [0.15, 0.2) is 0 Å². The Morgan fingerprint density at radius 2 is 2.21 bits per heavy atom. The Morgan fingerprint density at radius 3 is 2.89 bits per heavy atom. The van der Waals surface area contributed by atoms with Crippen molar-refractivity contribution >= 4 is 22.2 Å². The maximum atomic E-state index is 10.6. The molecule has 0 bridgehead atoms. The second kappa shape index (κ2) is 6.33. The summed E-state index contributed by atoms with van der Waals surface area (Å²) in [6.07, 6.45) is 2.45. The molecule has 0 unspecified atom stereocenters. The molecule has 0 aliphatic carbocycles. The minimum Gasteiger partial charge on any atom is -0.488 e. The molecule has 5 heteroatoms. The third kappa shape index (κ3) is 3.32. The predicted octanol–water partition coefficient (Wildman–Crippen LogP) is 3.24. The molecule has 0 spiro atoms. The van der Waals surface area contributed by atoms with Gasteiger partial charge in [-0.05, 0) is 46.3 Å². The van der Waals surface area contributed by atoms with E-state index in [0.717, 1.165) is 16.3 Å². The van der Waals surface area contributed by atoms with Crippen LogP contribution in [0.4, 0.5) is 0 Å². The SMILES string of the molecule is COc1ncccc1COc1ccc(C=O)cc1Br. The Balaban J connectivity index is 2.12. The molecule has 0 aliphatic rings. The smallest absolute Gasteiger partial charge is 0.219 e. The van der Waals surface area contributed by atoms with Crippen LogP contribution in [-0.2, 0) is 6.61 Å². The number of hydrogen-bond donors (Lipinski definition) is 0. The standard InChI is InChI=1S/C14H12BrNO3/c1-18-14-11(3-2-6-16-14)9-19-13-5-4-10(8-17)7-12(13)15/h2-8H,9H2,1H3. The number of nitrogens with zero attached hydrogens (tertiary/aromatic N) is 1. The second-order valence-electron chi connectivity index (χ2n) is 3.77. The fourth-order valence-electron chi connectivity index (χ4n) is 1.58. The van der Waals surface area contributed by atoms with E-state index in [2.05, 4.69) is 20.9 Å². The van der Waals surface area contributed by atoms with E-state index < -0.39 is 0 Å². The highest BCUT2D eigenvalue weighted by Crippen LogP contribution is 2.27. The summed E-state index contributed by atoms with van der Waals surface area (Å²) >= 11 is 3.37. The van der Waals surface area contributed by atoms with Crippen LogP contribution in [0.25, 0.3) is 0 Å². The van der Waals surface area contributed by atoms with Crippen LogP contribution in [0.15, 0.2) is 41.0 Å². The van der Waals surface area contributed by atoms with Gasteiger partial charge in [0.1, 0.15) is 18.6 Å². The number of hydrogen-bond acceptors (Lipinski definition) is 4. The van der Waals surface area contributed by atoms with Crippen LogP contribution in [0.1, 0.15) is 15.9 Å². The van der Waals surface area contributed by atoms with Gasteiger partial charge < -0.3 is 9.47 Å². The minimum absolute atomic E-state index is 0.343. The van der Waals surface area contributed by atoms with Gasteiger partial charge in [-0.25, -0.2) is 4.98 Å². The average molecular weight is 322 g/mol. The van der Waals surface area contributed by atoms with Crippen molar-refractivity contribution in [2.75, 3.05) is 7.11 Å². The number of aromatic nitrogens is 1. The third-order valence-corrected chi connectivity index (χ3v) is 3.14. The van der Waals surface area contributed by atoms with Crippen molar-refractivity contribution in [3.05, 3.63) is 52.1 Å². The Labute approximate surface area is 119 Å². The molecule has 4 nitrogen and oxygen atoms in total. The highest BCUT2D eigenvalue weighted by molar-refractivity contribution is 9.10. The van der Waals surface area contributed by atoms with Crippen molar-refractivity contribution < 1.29 is 14.3 Å². The van der Waals surface area contributed by atoms with Crippen molar-refractivity contribution in [3.63, 3.8) is 0 Å². The second-order valence-corrected chi connectivity index (χ2v) is 4.62. The van der Waals surface area contributed by atoms with Crippen LogP contribution in [-0.4, -0.2) is 18.4 Å². The molecule has 0 saturated heterocycles. The Morgan fingerprint density at radius 1 is 1.37 bits per heavy atom. The van der Waals surface area contributed by atoms with E-state index in [-0.39, 0.29) is 0 Å². The lowest BCUT2D eigenvalue weighted by Gasteiger charge is -2.10. The maximum Gasteiger partial charge on any atom is 0.219 e. The van der Waals surface area contributed by atoms with Gasteiger partial charge in [0.25, 0.3) is 0 Å². The van der Waals surface area contributed by atoms with Gasteiger partial charge in [0.05, 0.1) is 17.1 Å². The largest absolute Gasteiger partial charge is 0.488 e. The number of carbonyl (C=O) groups excluding carboxylic acids is 1. The average Bonchev–Trinajstić information content (AvgIpc) is 2.46. The lowest BCUT2D eigenvalue weighted by atomic mass is 10.2. The molecule has 0 amide bonds. The normalized spacial score (nSPS) is 10.0. The monoisotopic (exact) mass is 321 g/mol. The molecule has 1 aromatic carbocycles. The number of methoxy groups -OCH3 is 1. The molecule has 0 aliphatic heterocycles. The summed E-state index contributed by atoms with van der Waals surface area (Å²) in [5.41, 5.74) is 1.45. The Hall–Kier alpha value is -1.88. The first-order valence-electron chi connectivity index (χ1n) is 5.60. The third-order valence-electron chi connectivity index (χ3n) is 2.52. The molecule has 1 aromatic heterocycles. The first-order valence-corrected chi connectivity index (χ1v) is 6.39. The van der Waals surface area contributed by atoms with E-state index in [1.54, 1.807) is 31.5 Å². The number of carbonyl (C=O) groups is 1. The topological polar surface area (TPSA) is 48.4 Å². The van der Waals surface area contributed by atoms with Gasteiger partial charge >= 0.3 is 0 Å². The molecule has 0 atom stereocenters. The van der Waals surface area contributed by atoms with Gasteiger partial charge in [-0.15, -0.1) is 0 Å². The number of halogens is 1. The molecule has 98 valence electrons. The zero-order chi connectivity index (χ0) is 13.7. The molecule has 0 radical (unpaired) electrons. The van der Waals surface area contributed by atoms with E-state index in [1.807, 2.05) is 12.1 Å². The first-order chi connectivity index (χ1) is 9.24. The summed E-state index contributed by atoms with van der Waals surface area (Å²) in [7, 11) is 1.57. The van der Waals surface area contributed by atoms with Crippen LogP contribution in [0.2, 0.25) is 0 Å². The summed E-state index contributed by atoms with van der Waals surface area (Å²) in [6.45, 7) is 0.343. The molecule has 19 heavy (non-hydrogen) atoms. The van der Waals surface area contributed by atoms with Crippen molar-refractivity contribution in [3.8, 4) is 11.6 Å². The zero-order valence-corrected chi connectivity index (χ0v) is 11.9. The Kier molecular flexibility index (Phi) is 4.52. The number of aldehydes is 1. The highest BCUT2D eigenvalue weighted by Gasteiger charge is 2.06. The molecular weight excluding hydrogens is 310 g/mol. The number of ether oxygens (including phenoxy) is 2. The molecule has 1 heterocycles.